The van der Waals surface area contributed by atoms with Gasteiger partial charge in [-0.1, -0.05) is 12.2 Å². The van der Waals surface area contributed by atoms with Crippen molar-refractivity contribution < 1.29 is 24.0 Å². The van der Waals surface area contributed by atoms with Crippen molar-refractivity contribution >= 4 is 40.3 Å². The van der Waals surface area contributed by atoms with Crippen LogP contribution in [0.1, 0.15) is 33.5 Å². The van der Waals surface area contributed by atoms with Crippen LogP contribution >= 0.6 is 0 Å². The molecule has 0 aliphatic carbocycles. The van der Waals surface area contributed by atoms with E-state index in [1.54, 1.807) is 39.7 Å². The number of ether oxygens (including phenoxy) is 2. The van der Waals surface area contributed by atoms with Crippen LogP contribution in [0.5, 0.6) is 5.75 Å². The van der Waals surface area contributed by atoms with Crippen molar-refractivity contribution in [1.82, 2.24) is 24.3 Å². The standard InChI is InChI=1S/C27H29N9O6/c1-3-35-21(11-16(2)33-35)26(38)32-27-31-19-7-6-9-30-25(19)34(27)10-5-4-8-29-23-20(36(39)40)12-17(24(28)37)13-22(23)42-18-14-41-15-18/h4-7,9,11-13,18,29H,3,8,10,14-15H2,1-2H3,(H2,28,37)(H,31,32,38)/b5-4+. The molecular weight excluding hydrogens is 546 g/mol. The minimum atomic E-state index is -0.808. The summed E-state index contributed by atoms with van der Waals surface area (Å²) in [6.45, 7) is 5.40. The van der Waals surface area contributed by atoms with E-state index in [2.05, 4.69) is 25.7 Å². The zero-order valence-corrected chi connectivity index (χ0v) is 22.9. The lowest BCUT2D eigenvalue weighted by Crippen LogP contribution is -2.38. The number of pyridine rings is 1. The van der Waals surface area contributed by atoms with Gasteiger partial charge >= 0.3 is 0 Å². The lowest BCUT2D eigenvalue weighted by Gasteiger charge is -2.27. The van der Waals surface area contributed by atoms with Crippen molar-refractivity contribution in [3.05, 3.63) is 75.7 Å². The summed E-state index contributed by atoms with van der Waals surface area (Å²) in [5.74, 6) is -0.715. The lowest BCUT2D eigenvalue weighted by molar-refractivity contribution is -0.384. The van der Waals surface area contributed by atoms with Crippen molar-refractivity contribution in [3.63, 3.8) is 0 Å². The number of imidazole rings is 1. The Morgan fingerprint density at radius 2 is 2.10 bits per heavy atom. The zero-order valence-electron chi connectivity index (χ0n) is 22.9. The van der Waals surface area contributed by atoms with Gasteiger partial charge in [-0.2, -0.15) is 5.10 Å². The Kier molecular flexibility index (Phi) is 8.10. The first kappa shape index (κ1) is 28.2. The summed E-state index contributed by atoms with van der Waals surface area (Å²) in [5.41, 5.74) is 7.43. The predicted molar refractivity (Wildman–Crippen MR) is 153 cm³/mol. The summed E-state index contributed by atoms with van der Waals surface area (Å²) in [7, 11) is 0. The molecule has 0 unspecified atom stereocenters. The van der Waals surface area contributed by atoms with E-state index in [9.17, 15) is 19.7 Å². The van der Waals surface area contributed by atoms with Crippen LogP contribution in [0.2, 0.25) is 0 Å². The second-order valence-electron chi connectivity index (χ2n) is 9.45. The summed E-state index contributed by atoms with van der Waals surface area (Å²) in [6, 6.07) is 7.75. The number of nitro groups is 1. The van der Waals surface area contributed by atoms with Crippen molar-refractivity contribution in [2.75, 3.05) is 30.4 Å². The number of amides is 2. The number of hydrogen-bond donors (Lipinski definition) is 3. The SMILES string of the molecule is CCn1nc(C)cc1C(=O)Nc1nc2cccnc2n1C/C=C/CNc1c(OC2COC2)cc(C(N)=O)cc1[N+](=O)[O-]. The Hall–Kier alpha value is -5.31. The highest BCUT2D eigenvalue weighted by molar-refractivity contribution is 6.03. The molecule has 4 aromatic rings. The molecule has 15 heteroatoms. The molecule has 1 saturated heterocycles. The third kappa shape index (κ3) is 5.90. The van der Waals surface area contributed by atoms with Gasteiger partial charge in [0.2, 0.25) is 11.9 Å². The van der Waals surface area contributed by atoms with Gasteiger partial charge in [-0.25, -0.2) is 9.97 Å². The van der Waals surface area contributed by atoms with Crippen LogP contribution in [-0.4, -0.2) is 66.9 Å². The van der Waals surface area contributed by atoms with Gasteiger partial charge in [0.25, 0.3) is 11.6 Å². The van der Waals surface area contributed by atoms with E-state index in [1.807, 2.05) is 19.9 Å². The van der Waals surface area contributed by atoms with Crippen LogP contribution in [0.3, 0.4) is 0 Å². The Morgan fingerprint density at radius 3 is 2.79 bits per heavy atom. The molecule has 1 aromatic carbocycles. The number of aromatic nitrogens is 5. The monoisotopic (exact) mass is 575 g/mol. The Bertz CT molecular complexity index is 1690. The van der Waals surface area contributed by atoms with Gasteiger partial charge in [0, 0.05) is 37.5 Å². The molecule has 42 heavy (non-hydrogen) atoms. The highest BCUT2D eigenvalue weighted by Crippen LogP contribution is 2.37. The van der Waals surface area contributed by atoms with Gasteiger partial charge in [0.15, 0.2) is 17.1 Å². The number of nitro benzene ring substituents is 1. The van der Waals surface area contributed by atoms with Gasteiger partial charge in [-0.3, -0.25) is 34.3 Å². The molecule has 1 fully saturated rings. The number of nitrogens with two attached hydrogens (primary N) is 1. The number of carbonyl (C=O) groups is 2. The van der Waals surface area contributed by atoms with Gasteiger partial charge in [0.05, 0.1) is 23.8 Å². The molecule has 4 heterocycles. The molecule has 1 aliphatic rings. The van der Waals surface area contributed by atoms with Crippen LogP contribution in [0.15, 0.2) is 48.7 Å². The van der Waals surface area contributed by atoms with Crippen molar-refractivity contribution in [1.29, 1.82) is 0 Å². The average molecular weight is 576 g/mol. The van der Waals surface area contributed by atoms with Crippen molar-refractivity contribution in [3.8, 4) is 5.75 Å². The third-order valence-electron chi connectivity index (χ3n) is 6.48. The number of nitrogens with one attached hydrogen (secondary N) is 2. The van der Waals surface area contributed by atoms with E-state index in [0.717, 1.165) is 11.8 Å². The number of anilines is 2. The second kappa shape index (κ2) is 12.1. The van der Waals surface area contributed by atoms with E-state index in [1.165, 1.54) is 6.07 Å². The average Bonchev–Trinajstić information content (AvgIpc) is 3.49. The summed E-state index contributed by atoms with van der Waals surface area (Å²) in [5, 5.41) is 22.0. The first-order valence-electron chi connectivity index (χ1n) is 13.2. The summed E-state index contributed by atoms with van der Waals surface area (Å²) < 4.78 is 14.3. The Balaban J connectivity index is 1.35. The van der Waals surface area contributed by atoms with E-state index >= 15 is 0 Å². The lowest BCUT2D eigenvalue weighted by atomic mass is 10.1. The predicted octanol–water partition coefficient (Wildman–Crippen LogP) is 2.66. The van der Waals surface area contributed by atoms with Gasteiger partial charge in [-0.05, 0) is 38.1 Å². The molecule has 0 radical (unpaired) electrons. The summed E-state index contributed by atoms with van der Waals surface area (Å²) >= 11 is 0. The molecular formula is C27H29N9O6. The smallest absolute Gasteiger partial charge is 0.296 e. The number of primary amides is 1. The quantitative estimate of drug-likeness (QED) is 0.128. The fraction of sp³-hybridized carbons (Fsp3) is 0.296. The number of benzene rings is 1. The number of rotatable bonds is 12. The van der Waals surface area contributed by atoms with Gasteiger partial charge in [-0.15, -0.1) is 0 Å². The van der Waals surface area contributed by atoms with Crippen LogP contribution in [0.25, 0.3) is 11.2 Å². The van der Waals surface area contributed by atoms with Gasteiger partial charge in [0.1, 0.15) is 17.3 Å². The summed E-state index contributed by atoms with van der Waals surface area (Å²) in [6.07, 6.45) is 4.91. The van der Waals surface area contributed by atoms with Crippen LogP contribution in [-0.2, 0) is 17.8 Å². The maximum atomic E-state index is 13.1. The fourth-order valence-electron chi connectivity index (χ4n) is 4.41. The number of aryl methyl sites for hydroxylation is 2. The number of hydrogen-bond acceptors (Lipinski definition) is 10. The van der Waals surface area contributed by atoms with E-state index in [4.69, 9.17) is 15.2 Å². The molecule has 4 N–H and O–H groups in total. The number of allylic oxidation sites excluding steroid dienone is 1. The molecule has 0 spiro atoms. The van der Waals surface area contributed by atoms with Crippen molar-refractivity contribution in [2.24, 2.45) is 5.73 Å². The van der Waals surface area contributed by atoms with Crippen LogP contribution < -0.4 is 21.1 Å². The van der Waals surface area contributed by atoms with Crippen molar-refractivity contribution in [2.45, 2.75) is 33.0 Å². The second-order valence-corrected chi connectivity index (χ2v) is 9.45. The Morgan fingerprint density at radius 1 is 1.29 bits per heavy atom. The molecule has 2 amide bonds. The largest absolute Gasteiger partial charge is 0.483 e. The molecule has 0 bridgehead atoms. The molecule has 15 nitrogen and oxygen atoms in total. The molecule has 0 atom stereocenters. The topological polar surface area (TPSA) is 194 Å². The summed E-state index contributed by atoms with van der Waals surface area (Å²) in [4.78, 5) is 45.0. The minimum absolute atomic E-state index is 0.0377. The first-order chi connectivity index (χ1) is 20.2. The first-order valence-corrected chi connectivity index (χ1v) is 13.2. The molecule has 5 rings (SSSR count). The zero-order chi connectivity index (χ0) is 29.8. The van der Waals surface area contributed by atoms with E-state index < -0.39 is 10.8 Å². The molecule has 3 aromatic heterocycles. The highest BCUT2D eigenvalue weighted by atomic mass is 16.6. The number of fused-ring (bicyclic) bond motifs is 1. The van der Waals surface area contributed by atoms with E-state index in [0.29, 0.717) is 49.1 Å². The van der Waals surface area contributed by atoms with Gasteiger partial charge < -0.3 is 20.5 Å². The fourth-order valence-corrected chi connectivity index (χ4v) is 4.41. The Labute approximate surface area is 239 Å². The maximum Gasteiger partial charge on any atom is 0.296 e. The van der Waals surface area contributed by atoms with E-state index in [-0.39, 0.29) is 41.2 Å². The minimum Gasteiger partial charge on any atom is -0.483 e. The number of carbonyl (C=O) groups excluding carboxylic acids is 2. The highest BCUT2D eigenvalue weighted by Gasteiger charge is 2.27. The van der Waals surface area contributed by atoms with Crippen LogP contribution in [0, 0.1) is 17.0 Å². The maximum absolute atomic E-state index is 13.1. The molecule has 0 saturated carbocycles. The molecule has 1 aliphatic heterocycles. The normalized spacial score (nSPS) is 13.3. The number of nitrogens with zero attached hydrogens (tertiary/aromatic N) is 6. The molecule has 218 valence electrons. The third-order valence-corrected chi connectivity index (χ3v) is 6.48. The van der Waals surface area contributed by atoms with Crippen LogP contribution in [0.4, 0.5) is 17.3 Å².